The molecule has 0 saturated carbocycles. The topological polar surface area (TPSA) is 48.0 Å². The van der Waals surface area contributed by atoms with Gasteiger partial charge in [0.2, 0.25) is 5.91 Å². The molecular formula is C16H17FN2O. The molecule has 20 heavy (non-hydrogen) atoms. The van der Waals surface area contributed by atoms with Crippen LogP contribution in [-0.4, -0.2) is 10.5 Å². The fourth-order valence-corrected chi connectivity index (χ4v) is 2.21. The summed E-state index contributed by atoms with van der Waals surface area (Å²) in [6.45, 7) is 4.36. The Balaban J connectivity index is 2.34. The summed E-state index contributed by atoms with van der Waals surface area (Å²) in [6, 6.07) is 8.68. The van der Waals surface area contributed by atoms with E-state index in [9.17, 15) is 9.18 Å². The van der Waals surface area contributed by atoms with E-state index in [1.807, 2.05) is 30.5 Å². The molecule has 0 aliphatic rings. The molecule has 0 unspecified atom stereocenters. The lowest BCUT2D eigenvalue weighted by molar-refractivity contribution is -0.113. The van der Waals surface area contributed by atoms with Crippen LogP contribution in [-0.2, 0) is 11.3 Å². The second-order valence-corrected chi connectivity index (χ2v) is 4.74. The average molecular weight is 272 g/mol. The lowest BCUT2D eigenvalue weighted by Crippen LogP contribution is -2.06. The quantitative estimate of drug-likeness (QED) is 0.855. The maximum Gasteiger partial charge on any atom is 0.241 e. The number of nitrogens with two attached hydrogens (primary N) is 1. The van der Waals surface area contributed by atoms with Gasteiger partial charge in [-0.05, 0) is 37.6 Å². The first-order valence-corrected chi connectivity index (χ1v) is 6.36. The second kappa shape index (κ2) is 5.74. The molecule has 0 aliphatic carbocycles. The largest absolute Gasteiger partial charge is 0.366 e. The van der Waals surface area contributed by atoms with Crippen molar-refractivity contribution in [1.82, 2.24) is 4.57 Å². The van der Waals surface area contributed by atoms with Crippen LogP contribution in [0.5, 0.6) is 0 Å². The predicted molar refractivity (Wildman–Crippen MR) is 77.6 cm³/mol. The number of rotatable bonds is 4. The molecule has 3 nitrogen and oxygen atoms in total. The van der Waals surface area contributed by atoms with Crippen LogP contribution in [0.4, 0.5) is 4.39 Å². The SMILES string of the molecule is Cc1cc(/C=C\C(N)=O)c(C)n1Cc1ccccc1F. The summed E-state index contributed by atoms with van der Waals surface area (Å²) in [4.78, 5) is 10.8. The first-order chi connectivity index (χ1) is 9.49. The molecule has 1 amide bonds. The van der Waals surface area contributed by atoms with Crippen molar-refractivity contribution in [3.63, 3.8) is 0 Å². The van der Waals surface area contributed by atoms with Gasteiger partial charge in [0.1, 0.15) is 5.82 Å². The molecule has 0 radical (unpaired) electrons. The lowest BCUT2D eigenvalue weighted by Gasteiger charge is -2.10. The minimum Gasteiger partial charge on any atom is -0.366 e. The Hall–Kier alpha value is -2.36. The zero-order valence-electron chi connectivity index (χ0n) is 11.6. The number of amides is 1. The molecule has 0 aliphatic heterocycles. The van der Waals surface area contributed by atoms with Crippen LogP contribution in [0.3, 0.4) is 0 Å². The number of hydrogen-bond donors (Lipinski definition) is 1. The molecule has 0 fully saturated rings. The zero-order valence-corrected chi connectivity index (χ0v) is 11.6. The number of carbonyl (C=O) groups excluding carboxylic acids is 1. The van der Waals surface area contributed by atoms with E-state index in [-0.39, 0.29) is 5.82 Å². The Kier molecular flexibility index (Phi) is 4.03. The molecule has 2 aromatic rings. The molecule has 1 aromatic carbocycles. The smallest absolute Gasteiger partial charge is 0.241 e. The number of halogens is 1. The third-order valence-corrected chi connectivity index (χ3v) is 3.33. The maximum absolute atomic E-state index is 13.7. The Morgan fingerprint density at radius 2 is 2.05 bits per heavy atom. The number of hydrogen-bond acceptors (Lipinski definition) is 1. The van der Waals surface area contributed by atoms with E-state index in [1.54, 1.807) is 18.2 Å². The van der Waals surface area contributed by atoms with Crippen molar-refractivity contribution in [2.45, 2.75) is 20.4 Å². The molecule has 0 atom stereocenters. The van der Waals surface area contributed by atoms with Gasteiger partial charge in [0, 0.05) is 23.0 Å². The Bertz CT molecular complexity index is 671. The number of aryl methyl sites for hydroxylation is 1. The van der Waals surface area contributed by atoms with Gasteiger partial charge in [0.15, 0.2) is 0 Å². The van der Waals surface area contributed by atoms with Crippen LogP contribution in [0.2, 0.25) is 0 Å². The van der Waals surface area contributed by atoms with Gasteiger partial charge in [-0.1, -0.05) is 18.2 Å². The second-order valence-electron chi connectivity index (χ2n) is 4.74. The molecule has 1 aromatic heterocycles. The van der Waals surface area contributed by atoms with Crippen LogP contribution in [0.25, 0.3) is 6.08 Å². The molecule has 2 rings (SSSR count). The highest BCUT2D eigenvalue weighted by Gasteiger charge is 2.09. The monoisotopic (exact) mass is 272 g/mol. The van der Waals surface area contributed by atoms with E-state index in [0.717, 1.165) is 17.0 Å². The van der Waals surface area contributed by atoms with Crippen LogP contribution < -0.4 is 5.73 Å². The molecular weight excluding hydrogens is 255 g/mol. The number of benzene rings is 1. The van der Waals surface area contributed by atoms with Crippen molar-refractivity contribution >= 4 is 12.0 Å². The molecule has 1 heterocycles. The molecule has 104 valence electrons. The average Bonchev–Trinajstić information content (AvgIpc) is 2.66. The van der Waals surface area contributed by atoms with Gasteiger partial charge in [-0.2, -0.15) is 0 Å². The van der Waals surface area contributed by atoms with Gasteiger partial charge in [0.05, 0.1) is 6.54 Å². The van der Waals surface area contributed by atoms with E-state index in [2.05, 4.69) is 0 Å². The highest BCUT2D eigenvalue weighted by atomic mass is 19.1. The van der Waals surface area contributed by atoms with Crippen LogP contribution >= 0.6 is 0 Å². The summed E-state index contributed by atoms with van der Waals surface area (Å²) in [5, 5.41) is 0. The van der Waals surface area contributed by atoms with Crippen LogP contribution in [0, 0.1) is 19.7 Å². The van der Waals surface area contributed by atoms with Crippen LogP contribution in [0.1, 0.15) is 22.5 Å². The standard InChI is InChI=1S/C16H17FN2O/c1-11-9-13(7-8-16(18)20)12(2)19(11)10-14-5-3-4-6-15(14)17/h3-9H,10H2,1-2H3,(H2,18,20)/b8-7-. The van der Waals surface area contributed by atoms with E-state index in [1.165, 1.54) is 12.1 Å². The minimum absolute atomic E-state index is 0.214. The molecule has 0 bridgehead atoms. The van der Waals surface area contributed by atoms with Gasteiger partial charge in [-0.15, -0.1) is 0 Å². The van der Waals surface area contributed by atoms with Crippen molar-refractivity contribution in [3.8, 4) is 0 Å². The first-order valence-electron chi connectivity index (χ1n) is 6.36. The van der Waals surface area contributed by atoms with E-state index in [0.29, 0.717) is 12.1 Å². The van der Waals surface area contributed by atoms with Gasteiger partial charge in [-0.25, -0.2) is 4.39 Å². The molecule has 0 saturated heterocycles. The highest BCUT2D eigenvalue weighted by molar-refractivity contribution is 5.90. The fourth-order valence-electron chi connectivity index (χ4n) is 2.21. The number of carbonyl (C=O) groups is 1. The number of aromatic nitrogens is 1. The van der Waals surface area contributed by atoms with Crippen molar-refractivity contribution < 1.29 is 9.18 Å². The normalized spacial score (nSPS) is 11.2. The summed E-state index contributed by atoms with van der Waals surface area (Å²) in [6.07, 6.45) is 3.01. The van der Waals surface area contributed by atoms with Gasteiger partial charge in [0.25, 0.3) is 0 Å². The van der Waals surface area contributed by atoms with Gasteiger partial charge in [-0.3, -0.25) is 4.79 Å². The maximum atomic E-state index is 13.7. The third kappa shape index (κ3) is 2.96. The summed E-state index contributed by atoms with van der Waals surface area (Å²) < 4.78 is 15.7. The first kappa shape index (κ1) is 14.1. The lowest BCUT2D eigenvalue weighted by atomic mass is 10.2. The zero-order chi connectivity index (χ0) is 14.7. The Labute approximate surface area is 117 Å². The van der Waals surface area contributed by atoms with Crippen molar-refractivity contribution in [1.29, 1.82) is 0 Å². The fraction of sp³-hybridized carbons (Fsp3) is 0.188. The molecule has 2 N–H and O–H groups in total. The highest BCUT2D eigenvalue weighted by Crippen LogP contribution is 2.19. The van der Waals surface area contributed by atoms with E-state index >= 15 is 0 Å². The Morgan fingerprint density at radius 1 is 1.35 bits per heavy atom. The van der Waals surface area contributed by atoms with E-state index < -0.39 is 5.91 Å². The van der Waals surface area contributed by atoms with E-state index in [4.69, 9.17) is 5.73 Å². The van der Waals surface area contributed by atoms with Crippen molar-refractivity contribution in [2.24, 2.45) is 5.73 Å². The van der Waals surface area contributed by atoms with Gasteiger partial charge >= 0.3 is 0 Å². The number of primary amides is 1. The molecule has 0 spiro atoms. The summed E-state index contributed by atoms with van der Waals surface area (Å²) in [7, 11) is 0. The minimum atomic E-state index is -0.482. The van der Waals surface area contributed by atoms with Crippen molar-refractivity contribution in [2.75, 3.05) is 0 Å². The summed E-state index contributed by atoms with van der Waals surface area (Å²) >= 11 is 0. The Morgan fingerprint density at radius 3 is 2.70 bits per heavy atom. The number of nitrogens with zero attached hydrogens (tertiary/aromatic N) is 1. The molecule has 4 heteroatoms. The summed E-state index contributed by atoms with van der Waals surface area (Å²) in [5.74, 6) is -0.696. The van der Waals surface area contributed by atoms with Gasteiger partial charge < -0.3 is 10.3 Å². The van der Waals surface area contributed by atoms with Crippen LogP contribution in [0.15, 0.2) is 36.4 Å². The third-order valence-electron chi connectivity index (χ3n) is 3.33. The predicted octanol–water partition coefficient (Wildman–Crippen LogP) is 2.79. The van der Waals surface area contributed by atoms with Crippen molar-refractivity contribution in [3.05, 3.63) is 64.7 Å². The summed E-state index contributed by atoms with van der Waals surface area (Å²) in [5.41, 5.74) is 8.63.